The summed E-state index contributed by atoms with van der Waals surface area (Å²) in [5.74, 6) is 0.0320. The van der Waals surface area contributed by atoms with Crippen LogP contribution in [0.5, 0.6) is 0 Å². The van der Waals surface area contributed by atoms with E-state index in [-0.39, 0.29) is 10.7 Å². The van der Waals surface area contributed by atoms with Crippen LogP contribution in [-0.2, 0) is 22.9 Å². The molecule has 6 nitrogen and oxygen atoms in total. The van der Waals surface area contributed by atoms with Gasteiger partial charge in [-0.1, -0.05) is 32.0 Å². The number of hydrogen-bond acceptors (Lipinski definition) is 4. The van der Waals surface area contributed by atoms with Crippen LogP contribution in [0.1, 0.15) is 25.0 Å². The Bertz CT molecular complexity index is 685. The van der Waals surface area contributed by atoms with Crippen molar-refractivity contribution in [3.63, 3.8) is 0 Å². The molecule has 0 amide bonds. The summed E-state index contributed by atoms with van der Waals surface area (Å²) in [6, 6.07) is 5.76. The summed E-state index contributed by atoms with van der Waals surface area (Å²) in [5.41, 5.74) is 8.13. The second-order valence-corrected chi connectivity index (χ2v) is 6.06. The van der Waals surface area contributed by atoms with E-state index in [2.05, 4.69) is 14.9 Å². The summed E-state index contributed by atoms with van der Waals surface area (Å²) in [6.45, 7) is 3.97. The molecule has 2 rings (SSSR count). The topological polar surface area (TPSA) is 101 Å². The molecule has 0 spiro atoms. The number of nitrogens with two attached hydrogens (primary N) is 1. The van der Waals surface area contributed by atoms with Gasteiger partial charge < -0.3 is 5.73 Å². The van der Waals surface area contributed by atoms with Crippen LogP contribution < -0.4 is 10.5 Å². The van der Waals surface area contributed by atoms with Gasteiger partial charge in [-0.25, -0.2) is 8.42 Å². The molecule has 20 heavy (non-hydrogen) atoms. The monoisotopic (exact) mass is 294 g/mol. The minimum atomic E-state index is -3.73. The summed E-state index contributed by atoms with van der Waals surface area (Å²) in [7, 11) is -3.73. The van der Waals surface area contributed by atoms with Crippen LogP contribution in [-0.4, -0.2) is 18.6 Å². The number of aromatic amines is 1. The Morgan fingerprint density at radius 2 is 1.85 bits per heavy atom. The highest BCUT2D eigenvalue weighted by atomic mass is 32.2. The van der Waals surface area contributed by atoms with Gasteiger partial charge in [0.05, 0.1) is 11.9 Å². The zero-order chi connectivity index (χ0) is 14.8. The largest absolute Gasteiger partial charge is 0.383 e. The molecule has 0 radical (unpaired) electrons. The fourth-order valence-electron chi connectivity index (χ4n) is 2.06. The van der Waals surface area contributed by atoms with Crippen LogP contribution in [0.2, 0.25) is 0 Å². The highest BCUT2D eigenvalue weighted by molar-refractivity contribution is 7.92. The van der Waals surface area contributed by atoms with Gasteiger partial charge in [-0.2, -0.15) is 5.10 Å². The van der Waals surface area contributed by atoms with Crippen LogP contribution >= 0.6 is 0 Å². The number of hydrogen-bond donors (Lipinski definition) is 3. The smallest absolute Gasteiger partial charge is 0.267 e. The third kappa shape index (κ3) is 2.62. The summed E-state index contributed by atoms with van der Waals surface area (Å²) in [5, 5.41) is 6.07. The van der Waals surface area contributed by atoms with E-state index in [9.17, 15) is 8.42 Å². The molecule has 0 bridgehead atoms. The highest BCUT2D eigenvalue weighted by Crippen LogP contribution is 2.26. The molecular weight excluding hydrogens is 276 g/mol. The molecule has 0 saturated carbocycles. The minimum Gasteiger partial charge on any atom is -0.383 e. The van der Waals surface area contributed by atoms with E-state index in [0.29, 0.717) is 5.69 Å². The minimum absolute atomic E-state index is 0.0320. The van der Waals surface area contributed by atoms with E-state index >= 15 is 0 Å². The lowest BCUT2D eigenvalue weighted by Crippen LogP contribution is -2.16. The lowest BCUT2D eigenvalue weighted by atomic mass is 10.0. The zero-order valence-corrected chi connectivity index (χ0v) is 12.3. The number of benzene rings is 1. The Hall–Kier alpha value is -2.02. The summed E-state index contributed by atoms with van der Waals surface area (Å²) < 4.78 is 27.4. The van der Waals surface area contributed by atoms with E-state index in [0.717, 1.165) is 24.0 Å². The van der Waals surface area contributed by atoms with E-state index in [4.69, 9.17) is 5.73 Å². The molecule has 7 heteroatoms. The summed E-state index contributed by atoms with van der Waals surface area (Å²) in [4.78, 5) is -0.0366. The van der Waals surface area contributed by atoms with Gasteiger partial charge in [-0.3, -0.25) is 9.82 Å². The normalized spacial score (nSPS) is 11.5. The first-order valence-electron chi connectivity index (χ1n) is 6.42. The molecular formula is C13H18N4O2S. The van der Waals surface area contributed by atoms with E-state index in [1.807, 2.05) is 32.0 Å². The molecule has 0 fully saturated rings. The fraction of sp³-hybridized carbons (Fsp3) is 0.308. The Labute approximate surface area is 118 Å². The van der Waals surface area contributed by atoms with Crippen molar-refractivity contribution < 1.29 is 8.42 Å². The van der Waals surface area contributed by atoms with Crippen LogP contribution in [0.4, 0.5) is 11.5 Å². The lowest BCUT2D eigenvalue weighted by molar-refractivity contribution is 0.601. The maximum Gasteiger partial charge on any atom is 0.267 e. The number of H-pyrrole nitrogens is 1. The van der Waals surface area contributed by atoms with Crippen molar-refractivity contribution in [2.24, 2.45) is 0 Å². The Morgan fingerprint density at radius 1 is 1.25 bits per heavy atom. The Balaban J connectivity index is 2.47. The van der Waals surface area contributed by atoms with Gasteiger partial charge in [-0.15, -0.1) is 0 Å². The number of anilines is 2. The first kappa shape index (κ1) is 14.4. The first-order chi connectivity index (χ1) is 9.49. The predicted molar refractivity (Wildman–Crippen MR) is 79.0 cm³/mol. The van der Waals surface area contributed by atoms with Gasteiger partial charge in [0.1, 0.15) is 10.7 Å². The molecule has 1 heterocycles. The molecule has 1 aromatic heterocycles. The average Bonchev–Trinajstić information content (AvgIpc) is 2.85. The van der Waals surface area contributed by atoms with Gasteiger partial charge in [0.25, 0.3) is 10.0 Å². The number of nitrogens with zero attached hydrogens (tertiary/aromatic N) is 1. The zero-order valence-electron chi connectivity index (χ0n) is 11.5. The number of nitrogens with one attached hydrogen (secondary N) is 2. The summed E-state index contributed by atoms with van der Waals surface area (Å²) in [6.07, 6.45) is 2.69. The van der Waals surface area contributed by atoms with Gasteiger partial charge >= 0.3 is 0 Å². The van der Waals surface area contributed by atoms with Crippen molar-refractivity contribution in [2.45, 2.75) is 31.6 Å². The molecule has 1 aromatic carbocycles. The van der Waals surface area contributed by atoms with Crippen molar-refractivity contribution in [3.05, 3.63) is 35.5 Å². The number of sulfonamides is 1. The number of para-hydroxylation sites is 1. The highest BCUT2D eigenvalue weighted by Gasteiger charge is 2.21. The molecule has 4 N–H and O–H groups in total. The van der Waals surface area contributed by atoms with E-state index in [1.165, 1.54) is 6.20 Å². The summed E-state index contributed by atoms with van der Waals surface area (Å²) >= 11 is 0. The number of aryl methyl sites for hydroxylation is 2. The number of rotatable bonds is 5. The molecule has 108 valence electrons. The lowest BCUT2D eigenvalue weighted by Gasteiger charge is -2.15. The van der Waals surface area contributed by atoms with Crippen molar-refractivity contribution in [1.82, 2.24) is 10.2 Å². The first-order valence-corrected chi connectivity index (χ1v) is 7.90. The standard InChI is InChI=1S/C13H18N4O2S/c1-3-9-6-5-7-10(4-2)12(9)17-20(18,19)11-8-15-16-13(11)14/h5-8,17H,3-4H2,1-2H3,(H3,14,15,16). The average molecular weight is 294 g/mol. The van der Waals surface area contributed by atoms with Crippen LogP contribution in [0, 0.1) is 0 Å². The van der Waals surface area contributed by atoms with Crippen molar-refractivity contribution in [1.29, 1.82) is 0 Å². The Morgan fingerprint density at radius 3 is 2.30 bits per heavy atom. The molecule has 0 atom stereocenters. The van der Waals surface area contributed by atoms with Crippen LogP contribution in [0.3, 0.4) is 0 Å². The quantitative estimate of drug-likeness (QED) is 0.784. The second-order valence-electron chi connectivity index (χ2n) is 4.41. The van der Waals surface area contributed by atoms with Crippen LogP contribution in [0.25, 0.3) is 0 Å². The third-order valence-corrected chi connectivity index (χ3v) is 4.53. The molecule has 0 aliphatic rings. The maximum absolute atomic E-state index is 12.4. The molecule has 0 aliphatic heterocycles. The van der Waals surface area contributed by atoms with Gasteiger partial charge in [-0.05, 0) is 24.0 Å². The SMILES string of the molecule is CCc1cccc(CC)c1NS(=O)(=O)c1cn[nH]c1N. The van der Waals surface area contributed by atoms with Crippen molar-refractivity contribution in [2.75, 3.05) is 10.5 Å². The molecule has 2 aromatic rings. The van der Waals surface area contributed by atoms with E-state index in [1.54, 1.807) is 0 Å². The predicted octanol–water partition coefficient (Wildman–Crippen LogP) is 1.92. The second kappa shape index (κ2) is 5.54. The Kier molecular flexibility index (Phi) is 3.99. The van der Waals surface area contributed by atoms with Crippen LogP contribution in [0.15, 0.2) is 29.3 Å². The maximum atomic E-state index is 12.4. The van der Waals surface area contributed by atoms with Gasteiger partial charge in [0.15, 0.2) is 0 Å². The van der Waals surface area contributed by atoms with E-state index < -0.39 is 10.0 Å². The van der Waals surface area contributed by atoms with Crippen molar-refractivity contribution >= 4 is 21.5 Å². The molecule has 0 saturated heterocycles. The third-order valence-electron chi connectivity index (χ3n) is 3.16. The van der Waals surface area contributed by atoms with Gasteiger partial charge in [0, 0.05) is 0 Å². The number of aromatic nitrogens is 2. The molecule has 0 unspecified atom stereocenters. The van der Waals surface area contributed by atoms with Crippen molar-refractivity contribution in [3.8, 4) is 0 Å². The number of nitrogen functional groups attached to an aromatic ring is 1. The fourth-order valence-corrected chi connectivity index (χ4v) is 3.23. The molecule has 0 aliphatic carbocycles. The van der Waals surface area contributed by atoms with Gasteiger partial charge in [0.2, 0.25) is 0 Å².